The van der Waals surface area contributed by atoms with Gasteiger partial charge in [-0.15, -0.1) is 0 Å². The molecule has 32 heavy (non-hydrogen) atoms. The minimum absolute atomic E-state index is 0.0211. The molecule has 0 aromatic heterocycles. The first-order valence-electron chi connectivity index (χ1n) is 9.76. The van der Waals surface area contributed by atoms with Crippen molar-refractivity contribution in [3.05, 3.63) is 64.2 Å². The van der Waals surface area contributed by atoms with Gasteiger partial charge in [0.2, 0.25) is 0 Å². The second-order valence-corrected chi connectivity index (χ2v) is 7.55. The lowest BCUT2D eigenvalue weighted by Gasteiger charge is -2.25. The van der Waals surface area contributed by atoms with E-state index >= 15 is 0 Å². The van der Waals surface area contributed by atoms with E-state index in [-0.39, 0.29) is 30.7 Å². The van der Waals surface area contributed by atoms with Crippen molar-refractivity contribution < 1.29 is 34.1 Å². The fourth-order valence-electron chi connectivity index (χ4n) is 3.64. The Morgan fingerprint density at radius 3 is 2.28 bits per heavy atom. The Kier molecular flexibility index (Phi) is 7.05. The second-order valence-electron chi connectivity index (χ2n) is 7.11. The molecule has 9 heteroatoms. The van der Waals surface area contributed by atoms with Crippen molar-refractivity contribution in [3.63, 3.8) is 0 Å². The van der Waals surface area contributed by atoms with Crippen LogP contribution in [0.15, 0.2) is 48.0 Å². The van der Waals surface area contributed by atoms with Crippen LogP contribution in [0.2, 0.25) is 5.02 Å². The number of amides is 1. The number of hydrogen-bond donors (Lipinski definition) is 2. The largest absolute Gasteiger partial charge is 0.507 e. The lowest BCUT2D eigenvalue weighted by Crippen LogP contribution is -2.31. The summed E-state index contributed by atoms with van der Waals surface area (Å²) < 4.78 is 10.6. The van der Waals surface area contributed by atoms with Crippen molar-refractivity contribution in [1.82, 2.24) is 4.90 Å². The molecule has 1 fully saturated rings. The molecule has 1 aliphatic rings. The van der Waals surface area contributed by atoms with Crippen molar-refractivity contribution in [2.45, 2.75) is 18.9 Å². The van der Waals surface area contributed by atoms with E-state index in [1.54, 1.807) is 42.5 Å². The smallest absolute Gasteiger partial charge is 0.303 e. The molecule has 8 nitrogen and oxygen atoms in total. The molecule has 3 rings (SSSR count). The average molecular weight is 460 g/mol. The normalized spacial score (nSPS) is 17.5. The maximum absolute atomic E-state index is 12.9. The fourth-order valence-corrected chi connectivity index (χ4v) is 3.77. The third-order valence-corrected chi connectivity index (χ3v) is 5.42. The molecule has 1 atom stereocenters. The van der Waals surface area contributed by atoms with Gasteiger partial charge in [-0.25, -0.2) is 0 Å². The van der Waals surface area contributed by atoms with E-state index in [9.17, 15) is 19.5 Å². The number of ether oxygens (including phenoxy) is 2. The highest BCUT2D eigenvalue weighted by molar-refractivity contribution is 6.46. The number of rotatable bonds is 8. The number of methoxy groups -OCH3 is 2. The molecule has 1 aliphatic heterocycles. The molecule has 1 amide bonds. The third-order valence-electron chi connectivity index (χ3n) is 5.17. The molecule has 2 aromatic rings. The topological polar surface area (TPSA) is 113 Å². The number of aliphatic hydroxyl groups is 1. The monoisotopic (exact) mass is 459 g/mol. The van der Waals surface area contributed by atoms with E-state index in [2.05, 4.69) is 0 Å². The highest BCUT2D eigenvalue weighted by atomic mass is 35.5. The summed E-state index contributed by atoms with van der Waals surface area (Å²) in [6, 6.07) is 10.2. The van der Waals surface area contributed by atoms with Gasteiger partial charge < -0.3 is 24.6 Å². The number of carboxylic acids is 1. The number of carbonyl (C=O) groups excluding carboxylic acids is 2. The van der Waals surface area contributed by atoms with Gasteiger partial charge in [0, 0.05) is 23.6 Å². The zero-order valence-corrected chi connectivity index (χ0v) is 18.3. The molecule has 1 unspecified atom stereocenters. The summed E-state index contributed by atoms with van der Waals surface area (Å²) in [6.45, 7) is 0.0211. The minimum atomic E-state index is -1.01. The third kappa shape index (κ3) is 4.55. The first-order chi connectivity index (χ1) is 15.3. The molecule has 168 valence electrons. The predicted molar refractivity (Wildman–Crippen MR) is 117 cm³/mol. The number of benzene rings is 2. The zero-order valence-electron chi connectivity index (χ0n) is 17.5. The van der Waals surface area contributed by atoms with Gasteiger partial charge in [-0.1, -0.05) is 17.7 Å². The van der Waals surface area contributed by atoms with E-state index in [1.165, 1.54) is 19.1 Å². The fraction of sp³-hybridized carbons (Fsp3) is 0.261. The number of carboxylic acid groups (broad SMARTS) is 1. The Bertz CT molecular complexity index is 1080. The molecule has 0 radical (unpaired) electrons. The van der Waals surface area contributed by atoms with Crippen molar-refractivity contribution in [2.24, 2.45) is 0 Å². The Morgan fingerprint density at radius 1 is 1.03 bits per heavy atom. The predicted octanol–water partition coefficient (Wildman–Crippen LogP) is 3.64. The van der Waals surface area contributed by atoms with Crippen LogP contribution in [-0.2, 0) is 14.4 Å². The molecule has 0 bridgehead atoms. The van der Waals surface area contributed by atoms with Crippen LogP contribution < -0.4 is 9.47 Å². The maximum Gasteiger partial charge on any atom is 0.303 e. The minimum Gasteiger partial charge on any atom is -0.507 e. The Morgan fingerprint density at radius 2 is 1.69 bits per heavy atom. The van der Waals surface area contributed by atoms with Gasteiger partial charge in [0.05, 0.1) is 25.8 Å². The van der Waals surface area contributed by atoms with Gasteiger partial charge in [0.25, 0.3) is 11.7 Å². The van der Waals surface area contributed by atoms with Crippen LogP contribution in [0.3, 0.4) is 0 Å². The molecule has 2 aromatic carbocycles. The van der Waals surface area contributed by atoms with Crippen molar-refractivity contribution in [2.75, 3.05) is 20.8 Å². The number of aliphatic carboxylic acids is 1. The van der Waals surface area contributed by atoms with E-state index in [0.717, 1.165) is 0 Å². The number of aliphatic hydroxyl groups excluding tert-OH is 1. The molecule has 2 N–H and O–H groups in total. The molecule has 1 saturated heterocycles. The number of hydrogen-bond acceptors (Lipinski definition) is 6. The second kappa shape index (κ2) is 9.74. The van der Waals surface area contributed by atoms with Crippen LogP contribution in [-0.4, -0.2) is 53.5 Å². The standard InChI is InChI=1S/C23H22ClNO7/c1-31-16-10-7-14(12-17(16)32-2)20-19(21(28)13-5-8-15(24)9-6-13)22(29)23(30)25(20)11-3-4-18(26)27/h5-10,12,20,28H,3-4,11H2,1-2H3,(H,26,27). The van der Waals surface area contributed by atoms with E-state index < -0.39 is 23.7 Å². The quantitative estimate of drug-likeness (QED) is 0.352. The van der Waals surface area contributed by atoms with Crippen LogP contribution in [0.1, 0.15) is 30.0 Å². The van der Waals surface area contributed by atoms with Gasteiger partial charge in [0.15, 0.2) is 11.5 Å². The lowest BCUT2D eigenvalue weighted by molar-refractivity contribution is -0.140. The average Bonchev–Trinajstić information content (AvgIpc) is 3.03. The first kappa shape index (κ1) is 23.1. The number of halogens is 1. The molecule has 0 saturated carbocycles. The van der Waals surface area contributed by atoms with Crippen LogP contribution in [0.5, 0.6) is 11.5 Å². The molecule has 0 aliphatic carbocycles. The number of nitrogens with zero attached hydrogens (tertiary/aromatic N) is 1. The van der Waals surface area contributed by atoms with Gasteiger partial charge in [0.1, 0.15) is 5.76 Å². The van der Waals surface area contributed by atoms with Crippen LogP contribution >= 0.6 is 11.6 Å². The SMILES string of the molecule is COc1ccc(C2C(=C(O)c3ccc(Cl)cc3)C(=O)C(=O)N2CCCC(=O)O)cc1OC. The lowest BCUT2D eigenvalue weighted by atomic mass is 9.95. The van der Waals surface area contributed by atoms with Gasteiger partial charge in [-0.05, 0) is 48.4 Å². The van der Waals surface area contributed by atoms with Crippen molar-refractivity contribution in [3.8, 4) is 11.5 Å². The van der Waals surface area contributed by atoms with Crippen molar-refractivity contribution in [1.29, 1.82) is 0 Å². The van der Waals surface area contributed by atoms with E-state index in [1.807, 2.05) is 0 Å². The Balaban J connectivity index is 2.14. The maximum atomic E-state index is 12.9. The number of ketones is 1. The summed E-state index contributed by atoms with van der Waals surface area (Å²) in [6.07, 6.45) is -0.0219. The first-order valence-corrected chi connectivity index (χ1v) is 10.1. The molecule has 1 heterocycles. The summed E-state index contributed by atoms with van der Waals surface area (Å²) in [4.78, 5) is 38.0. The van der Waals surface area contributed by atoms with Crippen molar-refractivity contribution >= 4 is 35.0 Å². The molecular formula is C23H22ClNO7. The van der Waals surface area contributed by atoms with Crippen LogP contribution in [0, 0.1) is 0 Å². The van der Waals surface area contributed by atoms with Gasteiger partial charge in [-0.3, -0.25) is 14.4 Å². The highest BCUT2D eigenvalue weighted by Gasteiger charge is 2.46. The summed E-state index contributed by atoms with van der Waals surface area (Å²) in [5.74, 6) is -2.19. The summed E-state index contributed by atoms with van der Waals surface area (Å²) in [5, 5.41) is 20.4. The number of carbonyl (C=O) groups is 3. The highest BCUT2D eigenvalue weighted by Crippen LogP contribution is 2.42. The molecular weight excluding hydrogens is 438 g/mol. The van der Waals surface area contributed by atoms with Crippen LogP contribution in [0.4, 0.5) is 0 Å². The Labute approximate surface area is 189 Å². The van der Waals surface area contributed by atoms with Crippen LogP contribution in [0.25, 0.3) is 5.76 Å². The summed E-state index contributed by atoms with van der Waals surface area (Å²) in [5.41, 5.74) is 0.732. The summed E-state index contributed by atoms with van der Waals surface area (Å²) >= 11 is 5.92. The van der Waals surface area contributed by atoms with Gasteiger partial charge in [-0.2, -0.15) is 0 Å². The van der Waals surface area contributed by atoms with E-state index in [4.69, 9.17) is 26.2 Å². The zero-order chi connectivity index (χ0) is 23.4. The van der Waals surface area contributed by atoms with E-state index in [0.29, 0.717) is 27.6 Å². The Hall–Kier alpha value is -3.52. The van der Waals surface area contributed by atoms with Gasteiger partial charge >= 0.3 is 5.97 Å². The number of likely N-dealkylation sites (tertiary alicyclic amines) is 1. The summed E-state index contributed by atoms with van der Waals surface area (Å²) in [7, 11) is 2.94. The number of Topliss-reactive ketones (excluding diaryl/α,β-unsaturated/α-hetero) is 1. The molecule has 0 spiro atoms.